The van der Waals surface area contributed by atoms with Crippen LogP contribution < -0.4 is 5.32 Å². The van der Waals surface area contributed by atoms with Gasteiger partial charge in [-0.2, -0.15) is 10.2 Å². The van der Waals surface area contributed by atoms with Gasteiger partial charge in [0.1, 0.15) is 0 Å². The number of carbonyl (C=O) groups excluding carboxylic acids is 1. The summed E-state index contributed by atoms with van der Waals surface area (Å²) in [6.07, 6.45) is 3.03. The van der Waals surface area contributed by atoms with Gasteiger partial charge < -0.3 is 15.1 Å². The van der Waals surface area contributed by atoms with E-state index in [4.69, 9.17) is 0 Å². The lowest BCUT2D eigenvalue weighted by molar-refractivity contribution is 0.0926. The molecule has 2 atom stereocenters. The lowest BCUT2D eigenvalue weighted by Gasteiger charge is -2.22. The Labute approximate surface area is 113 Å². The minimum absolute atomic E-state index is 0.0704. The number of likely N-dealkylation sites (N-methyl/N-ethyl adjacent to an activating group) is 1. The first-order valence-corrected chi connectivity index (χ1v) is 6.47. The number of nitrogens with one attached hydrogen (secondary N) is 1. The second-order valence-electron chi connectivity index (χ2n) is 5.45. The molecular weight excluding hydrogens is 242 g/mol. The van der Waals surface area contributed by atoms with E-state index in [0.717, 1.165) is 19.6 Å². The molecule has 0 aromatic carbocycles. The van der Waals surface area contributed by atoms with Crippen molar-refractivity contribution in [3.05, 3.63) is 24.0 Å². The average Bonchev–Trinajstić information content (AvgIpc) is 2.69. The van der Waals surface area contributed by atoms with Crippen LogP contribution in [-0.4, -0.2) is 72.7 Å². The highest BCUT2D eigenvalue weighted by atomic mass is 16.1. The molecule has 19 heavy (non-hydrogen) atoms. The van der Waals surface area contributed by atoms with Crippen molar-refractivity contribution in [3.8, 4) is 0 Å². The van der Waals surface area contributed by atoms with Crippen molar-refractivity contribution in [1.82, 2.24) is 25.3 Å². The van der Waals surface area contributed by atoms with E-state index in [1.54, 1.807) is 6.07 Å². The van der Waals surface area contributed by atoms with Gasteiger partial charge in [0.2, 0.25) is 0 Å². The zero-order valence-corrected chi connectivity index (χ0v) is 11.7. The lowest BCUT2D eigenvalue weighted by Crippen LogP contribution is -2.43. The predicted molar refractivity (Wildman–Crippen MR) is 72.8 cm³/mol. The van der Waals surface area contributed by atoms with Gasteiger partial charge in [-0.15, -0.1) is 0 Å². The second-order valence-corrected chi connectivity index (χ2v) is 5.45. The molecule has 0 spiro atoms. The van der Waals surface area contributed by atoms with Crippen LogP contribution in [0.5, 0.6) is 0 Å². The first kappa shape index (κ1) is 13.9. The van der Waals surface area contributed by atoms with Crippen LogP contribution in [-0.2, 0) is 0 Å². The maximum absolute atomic E-state index is 12.1. The molecule has 0 aliphatic carbocycles. The molecule has 1 N–H and O–H groups in total. The first-order chi connectivity index (χ1) is 9.06. The van der Waals surface area contributed by atoms with E-state index in [9.17, 15) is 4.79 Å². The van der Waals surface area contributed by atoms with Gasteiger partial charge >= 0.3 is 0 Å². The molecule has 0 unspecified atom stereocenters. The topological polar surface area (TPSA) is 61.4 Å². The van der Waals surface area contributed by atoms with Gasteiger partial charge in [-0.3, -0.25) is 4.79 Å². The summed E-state index contributed by atoms with van der Waals surface area (Å²) in [5, 5.41) is 10.5. The number of aromatic nitrogens is 2. The normalized spacial score (nSPS) is 23.8. The summed E-state index contributed by atoms with van der Waals surface area (Å²) in [5.74, 6) is 0.387. The SMILES string of the molecule is CN(C)C[C@@H]1CN(C)C[C@H]1NC(=O)c1ccnnc1. The Bertz CT molecular complexity index is 422. The van der Waals surface area contributed by atoms with Crippen LogP contribution >= 0.6 is 0 Å². The molecular formula is C13H21N5O. The summed E-state index contributed by atoms with van der Waals surface area (Å²) in [6.45, 7) is 2.88. The Balaban J connectivity index is 1.99. The molecule has 6 nitrogen and oxygen atoms in total. The van der Waals surface area contributed by atoms with Crippen LogP contribution in [0.1, 0.15) is 10.4 Å². The molecule has 0 radical (unpaired) electrons. The fourth-order valence-electron chi connectivity index (χ4n) is 2.58. The van der Waals surface area contributed by atoms with E-state index in [1.807, 2.05) is 0 Å². The molecule has 2 rings (SSSR count). The maximum Gasteiger partial charge on any atom is 0.253 e. The zero-order chi connectivity index (χ0) is 13.8. The Hall–Kier alpha value is -1.53. The van der Waals surface area contributed by atoms with Crippen molar-refractivity contribution in [1.29, 1.82) is 0 Å². The Morgan fingerprint density at radius 1 is 1.47 bits per heavy atom. The zero-order valence-electron chi connectivity index (χ0n) is 11.7. The van der Waals surface area contributed by atoms with E-state index in [0.29, 0.717) is 11.5 Å². The summed E-state index contributed by atoms with van der Waals surface area (Å²) in [7, 11) is 6.21. The van der Waals surface area contributed by atoms with Gasteiger partial charge in [0.15, 0.2) is 0 Å². The van der Waals surface area contributed by atoms with Gasteiger partial charge in [0, 0.05) is 31.6 Å². The van der Waals surface area contributed by atoms with Gasteiger partial charge in [-0.05, 0) is 27.2 Å². The molecule has 104 valence electrons. The van der Waals surface area contributed by atoms with Crippen molar-refractivity contribution in [2.75, 3.05) is 40.8 Å². The largest absolute Gasteiger partial charge is 0.348 e. The molecule has 0 saturated carbocycles. The number of rotatable bonds is 4. The smallest absolute Gasteiger partial charge is 0.253 e. The summed E-state index contributed by atoms with van der Waals surface area (Å²) >= 11 is 0. The van der Waals surface area contributed by atoms with E-state index in [-0.39, 0.29) is 11.9 Å². The predicted octanol–water partition coefficient (Wildman–Crippen LogP) is -0.302. The third-order valence-corrected chi connectivity index (χ3v) is 3.39. The fraction of sp³-hybridized carbons (Fsp3) is 0.615. The van der Waals surface area contributed by atoms with Crippen molar-refractivity contribution in [2.24, 2.45) is 5.92 Å². The number of likely N-dealkylation sites (tertiary alicyclic amines) is 1. The molecule has 1 fully saturated rings. The van der Waals surface area contributed by atoms with Crippen molar-refractivity contribution in [3.63, 3.8) is 0 Å². The summed E-state index contributed by atoms with van der Waals surface area (Å²) < 4.78 is 0. The van der Waals surface area contributed by atoms with E-state index in [2.05, 4.69) is 46.5 Å². The number of hydrogen-bond acceptors (Lipinski definition) is 5. The third kappa shape index (κ3) is 3.71. The van der Waals surface area contributed by atoms with Crippen molar-refractivity contribution < 1.29 is 4.79 Å². The second kappa shape index (κ2) is 6.08. The van der Waals surface area contributed by atoms with E-state index < -0.39 is 0 Å². The number of nitrogens with zero attached hydrogens (tertiary/aromatic N) is 4. The Morgan fingerprint density at radius 2 is 2.26 bits per heavy atom. The maximum atomic E-state index is 12.1. The molecule has 1 aliphatic heterocycles. The molecule has 1 amide bonds. The highest BCUT2D eigenvalue weighted by Crippen LogP contribution is 2.16. The van der Waals surface area contributed by atoms with Gasteiger partial charge in [-0.1, -0.05) is 0 Å². The fourth-order valence-corrected chi connectivity index (χ4v) is 2.58. The Kier molecular flexibility index (Phi) is 4.44. The molecule has 6 heteroatoms. The molecule has 1 saturated heterocycles. The molecule has 1 aliphatic rings. The van der Waals surface area contributed by atoms with E-state index >= 15 is 0 Å². The Morgan fingerprint density at radius 3 is 2.89 bits per heavy atom. The summed E-state index contributed by atoms with van der Waals surface area (Å²) in [6, 6.07) is 1.87. The highest BCUT2D eigenvalue weighted by molar-refractivity contribution is 5.93. The number of amides is 1. The van der Waals surface area contributed by atoms with Crippen LogP contribution in [0, 0.1) is 5.92 Å². The van der Waals surface area contributed by atoms with Gasteiger partial charge in [0.05, 0.1) is 18.0 Å². The molecule has 2 heterocycles. The third-order valence-electron chi connectivity index (χ3n) is 3.39. The highest BCUT2D eigenvalue weighted by Gasteiger charge is 2.32. The minimum Gasteiger partial charge on any atom is -0.348 e. The summed E-state index contributed by atoms with van der Waals surface area (Å²) in [4.78, 5) is 16.5. The molecule has 0 bridgehead atoms. The van der Waals surface area contributed by atoms with Gasteiger partial charge in [-0.25, -0.2) is 0 Å². The summed E-state index contributed by atoms with van der Waals surface area (Å²) in [5.41, 5.74) is 0.563. The number of hydrogen-bond donors (Lipinski definition) is 1. The van der Waals surface area contributed by atoms with Crippen LogP contribution in [0.3, 0.4) is 0 Å². The van der Waals surface area contributed by atoms with Crippen molar-refractivity contribution >= 4 is 5.91 Å². The molecule has 1 aromatic rings. The van der Waals surface area contributed by atoms with Crippen LogP contribution in [0.4, 0.5) is 0 Å². The number of carbonyl (C=O) groups is 1. The van der Waals surface area contributed by atoms with Crippen LogP contribution in [0.2, 0.25) is 0 Å². The average molecular weight is 263 g/mol. The standard InChI is InChI=1S/C13H21N5O/c1-17(2)7-11-8-18(3)9-12(11)16-13(19)10-4-5-14-15-6-10/h4-6,11-12H,7-9H2,1-3H3,(H,16,19)/t11-,12-/m1/s1. The van der Waals surface area contributed by atoms with Crippen LogP contribution in [0.25, 0.3) is 0 Å². The van der Waals surface area contributed by atoms with E-state index in [1.165, 1.54) is 12.4 Å². The van der Waals surface area contributed by atoms with Crippen molar-refractivity contribution in [2.45, 2.75) is 6.04 Å². The molecule has 1 aromatic heterocycles. The lowest BCUT2D eigenvalue weighted by atomic mass is 10.0. The van der Waals surface area contributed by atoms with Gasteiger partial charge in [0.25, 0.3) is 5.91 Å². The van der Waals surface area contributed by atoms with Crippen LogP contribution in [0.15, 0.2) is 18.5 Å². The first-order valence-electron chi connectivity index (χ1n) is 6.47. The minimum atomic E-state index is -0.0704. The monoisotopic (exact) mass is 263 g/mol. The quantitative estimate of drug-likeness (QED) is 0.808.